The van der Waals surface area contributed by atoms with E-state index in [1.807, 2.05) is 30.3 Å². The molecule has 3 rings (SSSR count). The lowest BCUT2D eigenvalue weighted by Gasteiger charge is -2.29. The molecule has 2 aromatic rings. The van der Waals surface area contributed by atoms with Crippen LogP contribution in [-0.2, 0) is 11.3 Å². The molecule has 1 aliphatic carbocycles. The molecule has 1 aromatic heterocycles. The highest BCUT2D eigenvalue weighted by Gasteiger charge is 2.40. The molecule has 1 saturated carbocycles. The number of aromatic nitrogens is 2. The summed E-state index contributed by atoms with van der Waals surface area (Å²) in [5.41, 5.74) is -0.668. The van der Waals surface area contributed by atoms with Crippen LogP contribution in [0.5, 0.6) is 0 Å². The molecule has 142 valence electrons. The summed E-state index contributed by atoms with van der Waals surface area (Å²) in [5, 5.41) is 16.5. The zero-order valence-corrected chi connectivity index (χ0v) is 15.1. The van der Waals surface area contributed by atoms with E-state index in [2.05, 4.69) is 10.4 Å². The molecule has 2 N–H and O–H groups in total. The molecule has 1 heterocycles. The van der Waals surface area contributed by atoms with Crippen LogP contribution in [0.3, 0.4) is 0 Å². The third kappa shape index (κ3) is 4.42. The smallest absolute Gasteiger partial charge is 0.329 e. The van der Waals surface area contributed by atoms with Crippen LogP contribution in [0, 0.1) is 0 Å². The standard InChI is InChI=1S/C20H23N3O4/c24-17-11-10-16(22-23(17)14-15-8-4-3-5-9-15)18(25)21-20(19(26)27)12-6-1-2-7-13-20/h3-5,8-11H,1-2,6-7,12-14H2,(H,21,25)(H,26,27). The van der Waals surface area contributed by atoms with E-state index in [4.69, 9.17) is 0 Å². The van der Waals surface area contributed by atoms with Crippen LogP contribution in [0.15, 0.2) is 47.3 Å². The molecule has 7 nitrogen and oxygen atoms in total. The third-order valence-corrected chi connectivity index (χ3v) is 4.99. The van der Waals surface area contributed by atoms with Crippen molar-refractivity contribution in [2.24, 2.45) is 0 Å². The second-order valence-electron chi connectivity index (χ2n) is 6.96. The van der Waals surface area contributed by atoms with Crippen LogP contribution in [0.2, 0.25) is 0 Å². The molecule has 0 radical (unpaired) electrons. The van der Waals surface area contributed by atoms with E-state index < -0.39 is 17.4 Å². The van der Waals surface area contributed by atoms with Gasteiger partial charge in [-0.05, 0) is 24.5 Å². The molecular formula is C20H23N3O4. The number of carboxylic acid groups (broad SMARTS) is 1. The summed E-state index contributed by atoms with van der Waals surface area (Å²) in [7, 11) is 0. The van der Waals surface area contributed by atoms with E-state index in [-0.39, 0.29) is 17.8 Å². The molecule has 7 heteroatoms. The fourth-order valence-electron chi connectivity index (χ4n) is 3.45. The van der Waals surface area contributed by atoms with Crippen molar-refractivity contribution >= 4 is 11.9 Å². The van der Waals surface area contributed by atoms with E-state index in [9.17, 15) is 19.5 Å². The summed E-state index contributed by atoms with van der Waals surface area (Å²) in [5.74, 6) is -1.59. The van der Waals surface area contributed by atoms with E-state index in [1.54, 1.807) is 0 Å². The summed E-state index contributed by atoms with van der Waals surface area (Å²) in [6.45, 7) is 0.241. The number of aliphatic carboxylic acids is 1. The van der Waals surface area contributed by atoms with Gasteiger partial charge in [0.25, 0.3) is 11.5 Å². The minimum absolute atomic E-state index is 0.0374. The molecule has 0 atom stereocenters. The molecule has 27 heavy (non-hydrogen) atoms. The quantitative estimate of drug-likeness (QED) is 0.787. The van der Waals surface area contributed by atoms with Crippen LogP contribution in [-0.4, -0.2) is 32.3 Å². The van der Waals surface area contributed by atoms with Gasteiger partial charge in [0.1, 0.15) is 11.2 Å². The van der Waals surface area contributed by atoms with Crippen molar-refractivity contribution < 1.29 is 14.7 Å². The SMILES string of the molecule is O=C(NC1(C(=O)O)CCCCCC1)c1ccc(=O)n(Cc2ccccc2)n1. The van der Waals surface area contributed by atoms with Crippen molar-refractivity contribution in [3.05, 3.63) is 64.1 Å². The van der Waals surface area contributed by atoms with Crippen molar-refractivity contribution in [3.8, 4) is 0 Å². The van der Waals surface area contributed by atoms with E-state index in [1.165, 1.54) is 16.8 Å². The van der Waals surface area contributed by atoms with Crippen LogP contribution in [0.1, 0.15) is 54.6 Å². The van der Waals surface area contributed by atoms with Gasteiger partial charge in [-0.3, -0.25) is 9.59 Å². The van der Waals surface area contributed by atoms with Gasteiger partial charge >= 0.3 is 5.97 Å². The normalized spacial score (nSPS) is 16.3. The van der Waals surface area contributed by atoms with Gasteiger partial charge in [0.2, 0.25) is 0 Å². The number of carbonyl (C=O) groups is 2. The topological polar surface area (TPSA) is 101 Å². The van der Waals surface area contributed by atoms with Gasteiger partial charge < -0.3 is 10.4 Å². The van der Waals surface area contributed by atoms with Gasteiger partial charge in [0, 0.05) is 6.07 Å². The second-order valence-corrected chi connectivity index (χ2v) is 6.96. The Morgan fingerprint density at radius 2 is 1.70 bits per heavy atom. The van der Waals surface area contributed by atoms with Crippen molar-refractivity contribution in [1.29, 1.82) is 0 Å². The highest BCUT2D eigenvalue weighted by Crippen LogP contribution is 2.27. The molecule has 0 saturated heterocycles. The maximum Gasteiger partial charge on any atom is 0.329 e. The van der Waals surface area contributed by atoms with E-state index in [0.29, 0.717) is 12.8 Å². The maximum absolute atomic E-state index is 12.7. The number of nitrogens with zero attached hydrogens (tertiary/aromatic N) is 2. The maximum atomic E-state index is 12.7. The van der Waals surface area contributed by atoms with Gasteiger partial charge in [-0.15, -0.1) is 0 Å². The van der Waals surface area contributed by atoms with Gasteiger partial charge in [0.05, 0.1) is 6.54 Å². The van der Waals surface area contributed by atoms with Crippen LogP contribution in [0.4, 0.5) is 0 Å². The summed E-state index contributed by atoms with van der Waals surface area (Å²) in [6.07, 6.45) is 4.24. The Hall–Kier alpha value is -2.96. The Bertz CT molecular complexity index is 868. The summed E-state index contributed by atoms with van der Waals surface area (Å²) in [6, 6.07) is 12.0. The van der Waals surface area contributed by atoms with Gasteiger partial charge in [-0.1, -0.05) is 56.0 Å². The monoisotopic (exact) mass is 369 g/mol. The van der Waals surface area contributed by atoms with Crippen LogP contribution < -0.4 is 10.9 Å². The third-order valence-electron chi connectivity index (χ3n) is 4.99. The fourth-order valence-corrected chi connectivity index (χ4v) is 3.45. The minimum Gasteiger partial charge on any atom is -0.480 e. The van der Waals surface area contributed by atoms with Crippen LogP contribution >= 0.6 is 0 Å². The molecule has 0 unspecified atom stereocenters. The Kier molecular flexibility index (Phi) is 5.69. The molecular weight excluding hydrogens is 346 g/mol. The molecule has 1 fully saturated rings. The molecule has 0 aliphatic heterocycles. The van der Waals surface area contributed by atoms with E-state index >= 15 is 0 Å². The average molecular weight is 369 g/mol. The summed E-state index contributed by atoms with van der Waals surface area (Å²) in [4.78, 5) is 36.6. The van der Waals surface area contributed by atoms with Gasteiger partial charge in [-0.2, -0.15) is 5.10 Å². The van der Waals surface area contributed by atoms with Gasteiger partial charge in [0.15, 0.2) is 0 Å². The van der Waals surface area contributed by atoms with Crippen molar-refractivity contribution in [2.45, 2.75) is 50.6 Å². The van der Waals surface area contributed by atoms with Gasteiger partial charge in [-0.25, -0.2) is 9.48 Å². The first-order valence-electron chi connectivity index (χ1n) is 9.18. The predicted molar refractivity (Wildman–Crippen MR) is 99.6 cm³/mol. The molecule has 0 spiro atoms. The first-order valence-corrected chi connectivity index (χ1v) is 9.18. The number of carboxylic acids is 1. The number of benzene rings is 1. The lowest BCUT2D eigenvalue weighted by Crippen LogP contribution is -2.54. The predicted octanol–water partition coefficient (Wildman–Crippen LogP) is 2.20. The number of hydrogen-bond acceptors (Lipinski definition) is 4. The second kappa shape index (κ2) is 8.16. The number of hydrogen-bond donors (Lipinski definition) is 2. The number of rotatable bonds is 5. The largest absolute Gasteiger partial charge is 0.480 e. The lowest BCUT2D eigenvalue weighted by atomic mass is 9.90. The molecule has 0 bridgehead atoms. The summed E-state index contributed by atoms with van der Waals surface area (Å²) >= 11 is 0. The van der Waals surface area contributed by atoms with E-state index in [0.717, 1.165) is 31.2 Å². The first-order chi connectivity index (χ1) is 13.0. The van der Waals surface area contributed by atoms with Crippen LogP contribution in [0.25, 0.3) is 0 Å². The number of amides is 1. The Labute approximate surface area is 157 Å². The number of nitrogens with one attached hydrogen (secondary N) is 1. The first kappa shape index (κ1) is 18.8. The minimum atomic E-state index is -1.27. The Morgan fingerprint density at radius 1 is 1.04 bits per heavy atom. The molecule has 1 aromatic carbocycles. The fraction of sp³-hybridized carbons (Fsp3) is 0.400. The highest BCUT2D eigenvalue weighted by atomic mass is 16.4. The van der Waals surface area contributed by atoms with Crippen molar-refractivity contribution in [3.63, 3.8) is 0 Å². The van der Waals surface area contributed by atoms with Crippen molar-refractivity contribution in [1.82, 2.24) is 15.1 Å². The zero-order valence-electron chi connectivity index (χ0n) is 15.1. The Balaban J connectivity index is 1.83. The molecule has 1 amide bonds. The summed E-state index contributed by atoms with van der Waals surface area (Å²) < 4.78 is 1.21. The van der Waals surface area contributed by atoms with Crippen molar-refractivity contribution in [2.75, 3.05) is 0 Å². The molecule has 1 aliphatic rings. The Morgan fingerprint density at radius 3 is 2.33 bits per heavy atom. The average Bonchev–Trinajstić information content (AvgIpc) is 2.91. The highest BCUT2D eigenvalue weighted by molar-refractivity contribution is 5.96. The lowest BCUT2D eigenvalue weighted by molar-refractivity contribution is -0.145. The number of carbonyl (C=O) groups excluding carboxylic acids is 1. The zero-order chi connectivity index (χ0) is 19.3.